The first-order chi connectivity index (χ1) is 9.38. The van der Waals surface area contributed by atoms with Gasteiger partial charge in [0.25, 0.3) is 0 Å². The molecule has 104 valence electrons. The van der Waals surface area contributed by atoms with Crippen LogP contribution in [0.3, 0.4) is 0 Å². The zero-order chi connectivity index (χ0) is 13.1. The van der Waals surface area contributed by atoms with Gasteiger partial charge in [-0.15, -0.1) is 0 Å². The largest absolute Gasteiger partial charge is 0.356 e. The second-order valence-electron chi connectivity index (χ2n) is 5.29. The molecule has 19 heavy (non-hydrogen) atoms. The first kappa shape index (κ1) is 13.2. The SMILES string of the molecule is CSc1nc2c(c(N3CCCCCC3)n1)CCNC2. The van der Waals surface area contributed by atoms with Crippen molar-refractivity contribution in [3.63, 3.8) is 0 Å². The number of fused-ring (bicyclic) bond motifs is 1. The molecule has 0 radical (unpaired) electrons. The summed E-state index contributed by atoms with van der Waals surface area (Å²) in [4.78, 5) is 12.0. The fourth-order valence-corrected chi connectivity index (χ4v) is 3.33. The molecule has 0 bridgehead atoms. The van der Waals surface area contributed by atoms with Crippen molar-refractivity contribution in [1.29, 1.82) is 0 Å². The second kappa shape index (κ2) is 6.09. The number of thioether (sulfide) groups is 1. The minimum atomic E-state index is 0.895. The van der Waals surface area contributed by atoms with E-state index in [-0.39, 0.29) is 0 Å². The van der Waals surface area contributed by atoms with Gasteiger partial charge >= 0.3 is 0 Å². The molecule has 0 amide bonds. The van der Waals surface area contributed by atoms with Gasteiger partial charge in [0.1, 0.15) is 5.82 Å². The average Bonchev–Trinajstić information content (AvgIpc) is 2.75. The van der Waals surface area contributed by atoms with E-state index < -0.39 is 0 Å². The molecule has 1 saturated heterocycles. The Morgan fingerprint density at radius 3 is 2.63 bits per heavy atom. The van der Waals surface area contributed by atoms with Gasteiger partial charge in [0, 0.05) is 25.2 Å². The topological polar surface area (TPSA) is 41.1 Å². The zero-order valence-corrected chi connectivity index (χ0v) is 12.4. The van der Waals surface area contributed by atoms with Gasteiger partial charge in [-0.1, -0.05) is 24.6 Å². The van der Waals surface area contributed by atoms with Crippen molar-refractivity contribution in [2.75, 3.05) is 30.8 Å². The van der Waals surface area contributed by atoms with Crippen molar-refractivity contribution in [2.24, 2.45) is 0 Å². The summed E-state index contributed by atoms with van der Waals surface area (Å²) in [6.45, 7) is 4.26. The van der Waals surface area contributed by atoms with E-state index in [0.29, 0.717) is 0 Å². The third-order valence-electron chi connectivity index (χ3n) is 3.98. The van der Waals surface area contributed by atoms with Crippen molar-refractivity contribution in [1.82, 2.24) is 15.3 Å². The maximum atomic E-state index is 4.82. The molecule has 1 aromatic rings. The summed E-state index contributed by atoms with van der Waals surface area (Å²) < 4.78 is 0. The molecule has 1 fully saturated rings. The number of nitrogens with zero attached hydrogens (tertiary/aromatic N) is 3. The van der Waals surface area contributed by atoms with Crippen molar-refractivity contribution in [3.05, 3.63) is 11.3 Å². The van der Waals surface area contributed by atoms with E-state index in [1.54, 1.807) is 11.8 Å². The predicted octanol–water partition coefficient (Wildman–Crippen LogP) is 2.22. The first-order valence-corrected chi connectivity index (χ1v) is 8.50. The summed E-state index contributed by atoms with van der Waals surface area (Å²) in [5.74, 6) is 1.22. The minimum absolute atomic E-state index is 0.895. The van der Waals surface area contributed by atoms with E-state index in [2.05, 4.69) is 21.5 Å². The van der Waals surface area contributed by atoms with E-state index in [1.165, 1.54) is 42.8 Å². The van der Waals surface area contributed by atoms with Crippen LogP contribution in [0.5, 0.6) is 0 Å². The molecule has 1 N–H and O–H groups in total. The number of hydrogen-bond donors (Lipinski definition) is 1. The molecule has 5 heteroatoms. The van der Waals surface area contributed by atoms with Gasteiger partial charge in [0.15, 0.2) is 5.16 Å². The second-order valence-corrected chi connectivity index (χ2v) is 6.06. The Balaban J connectivity index is 1.97. The van der Waals surface area contributed by atoms with E-state index >= 15 is 0 Å². The molecule has 3 rings (SSSR count). The fourth-order valence-electron chi connectivity index (χ4n) is 2.95. The van der Waals surface area contributed by atoms with E-state index in [0.717, 1.165) is 37.8 Å². The Morgan fingerprint density at radius 2 is 1.89 bits per heavy atom. The van der Waals surface area contributed by atoms with Gasteiger partial charge in [-0.25, -0.2) is 9.97 Å². The molecular formula is C14H22N4S. The molecule has 0 aliphatic carbocycles. The molecule has 2 aliphatic rings. The number of aromatic nitrogens is 2. The Labute approximate surface area is 119 Å². The van der Waals surface area contributed by atoms with Gasteiger partial charge in [0.05, 0.1) is 5.69 Å². The molecule has 0 saturated carbocycles. The summed E-state index contributed by atoms with van der Waals surface area (Å²) in [7, 11) is 0. The number of rotatable bonds is 2. The first-order valence-electron chi connectivity index (χ1n) is 7.28. The predicted molar refractivity (Wildman–Crippen MR) is 79.9 cm³/mol. The number of anilines is 1. The molecule has 0 aromatic carbocycles. The summed E-state index contributed by atoms with van der Waals surface area (Å²) in [5.41, 5.74) is 2.60. The Hall–Kier alpha value is -0.810. The van der Waals surface area contributed by atoms with Crippen molar-refractivity contribution in [2.45, 2.75) is 43.8 Å². The van der Waals surface area contributed by atoms with Crippen LogP contribution in [0.2, 0.25) is 0 Å². The Bertz CT molecular complexity index is 441. The highest BCUT2D eigenvalue weighted by Crippen LogP contribution is 2.28. The van der Waals surface area contributed by atoms with Crippen LogP contribution >= 0.6 is 11.8 Å². The Morgan fingerprint density at radius 1 is 1.11 bits per heavy atom. The smallest absolute Gasteiger partial charge is 0.189 e. The van der Waals surface area contributed by atoms with Crippen LogP contribution < -0.4 is 10.2 Å². The normalized spacial score (nSPS) is 19.9. The summed E-state index contributed by atoms with van der Waals surface area (Å²) in [6.07, 6.45) is 8.44. The summed E-state index contributed by atoms with van der Waals surface area (Å²) >= 11 is 1.65. The third-order valence-corrected chi connectivity index (χ3v) is 4.53. The van der Waals surface area contributed by atoms with Crippen LogP contribution in [0, 0.1) is 0 Å². The molecule has 1 aromatic heterocycles. The standard InChI is InChI=1S/C14H22N4S/c1-19-14-16-12-10-15-7-6-11(12)13(17-14)18-8-4-2-3-5-9-18/h15H,2-10H2,1H3. The van der Waals surface area contributed by atoms with E-state index in [1.807, 2.05) is 0 Å². The van der Waals surface area contributed by atoms with E-state index in [9.17, 15) is 0 Å². The number of nitrogens with one attached hydrogen (secondary N) is 1. The highest BCUT2D eigenvalue weighted by atomic mass is 32.2. The molecule has 2 aliphatic heterocycles. The minimum Gasteiger partial charge on any atom is -0.356 e. The average molecular weight is 278 g/mol. The molecular weight excluding hydrogens is 256 g/mol. The molecule has 4 nitrogen and oxygen atoms in total. The molecule has 0 unspecified atom stereocenters. The maximum absolute atomic E-state index is 4.82. The van der Waals surface area contributed by atoms with Gasteiger partial charge < -0.3 is 10.2 Å². The third kappa shape index (κ3) is 2.87. The van der Waals surface area contributed by atoms with Crippen LogP contribution in [-0.4, -0.2) is 35.9 Å². The van der Waals surface area contributed by atoms with E-state index in [4.69, 9.17) is 4.98 Å². The molecule has 3 heterocycles. The van der Waals surface area contributed by atoms with Crippen LogP contribution in [0.15, 0.2) is 5.16 Å². The van der Waals surface area contributed by atoms with Crippen LogP contribution in [0.1, 0.15) is 36.9 Å². The quantitative estimate of drug-likeness (QED) is 0.663. The van der Waals surface area contributed by atoms with Gasteiger partial charge in [-0.3, -0.25) is 0 Å². The number of hydrogen-bond acceptors (Lipinski definition) is 5. The lowest BCUT2D eigenvalue weighted by molar-refractivity contribution is 0.607. The summed E-state index contributed by atoms with van der Waals surface area (Å²) in [6, 6.07) is 0. The highest BCUT2D eigenvalue weighted by molar-refractivity contribution is 7.98. The zero-order valence-electron chi connectivity index (χ0n) is 11.6. The van der Waals surface area contributed by atoms with Crippen LogP contribution in [-0.2, 0) is 13.0 Å². The van der Waals surface area contributed by atoms with Crippen LogP contribution in [0.25, 0.3) is 0 Å². The molecule has 0 atom stereocenters. The van der Waals surface area contributed by atoms with Gasteiger partial charge in [-0.2, -0.15) is 0 Å². The lowest BCUT2D eigenvalue weighted by atomic mass is 10.1. The maximum Gasteiger partial charge on any atom is 0.189 e. The monoisotopic (exact) mass is 278 g/mol. The van der Waals surface area contributed by atoms with Crippen molar-refractivity contribution >= 4 is 17.6 Å². The Kier molecular flexibility index (Phi) is 4.23. The lowest BCUT2D eigenvalue weighted by Gasteiger charge is -2.27. The summed E-state index contributed by atoms with van der Waals surface area (Å²) in [5, 5.41) is 4.33. The van der Waals surface area contributed by atoms with Gasteiger partial charge in [0.2, 0.25) is 0 Å². The fraction of sp³-hybridized carbons (Fsp3) is 0.714. The highest BCUT2D eigenvalue weighted by Gasteiger charge is 2.21. The molecule has 0 spiro atoms. The van der Waals surface area contributed by atoms with Crippen LogP contribution in [0.4, 0.5) is 5.82 Å². The van der Waals surface area contributed by atoms with Crippen molar-refractivity contribution < 1.29 is 0 Å². The van der Waals surface area contributed by atoms with Crippen molar-refractivity contribution in [3.8, 4) is 0 Å². The lowest BCUT2D eigenvalue weighted by Crippen LogP contribution is -2.31. The van der Waals surface area contributed by atoms with Gasteiger partial charge in [-0.05, 0) is 32.1 Å².